The van der Waals surface area contributed by atoms with Crippen molar-refractivity contribution >= 4 is 11.5 Å². The molecule has 0 radical (unpaired) electrons. The second kappa shape index (κ2) is 2.74. The zero-order valence-corrected chi connectivity index (χ0v) is 3.77. The third-order valence-corrected chi connectivity index (χ3v) is 0.715. The molecule has 0 aliphatic heterocycles. The van der Waals surface area contributed by atoms with Crippen LogP contribution in [0.3, 0.4) is 0 Å². The summed E-state index contributed by atoms with van der Waals surface area (Å²) >= 11 is 1.35. The van der Waals surface area contributed by atoms with Gasteiger partial charge in [0.2, 0.25) is 0 Å². The Morgan fingerprint density at radius 1 is 1.50 bits per heavy atom. The fraction of sp³-hybridized carbons (Fsp3) is 0. The molecule has 1 aromatic rings. The van der Waals surface area contributed by atoms with Gasteiger partial charge in [-0.05, 0) is 11.5 Å². The van der Waals surface area contributed by atoms with Gasteiger partial charge in [0.1, 0.15) is 11.8 Å². The molecule has 0 aliphatic rings. The number of hydrogen-bond donors (Lipinski definition) is 0. The molecule has 4 heteroatoms. The average Bonchev–Trinajstić information content (AvgIpc) is 1.76. The molecule has 3 nitrogen and oxygen atoms in total. The van der Waals surface area contributed by atoms with Gasteiger partial charge in [-0.25, -0.2) is 4.98 Å². The van der Waals surface area contributed by atoms with Crippen LogP contribution in [0.2, 0.25) is 0 Å². The first-order chi connectivity index (χ1) is 2.50. The first kappa shape index (κ1) is 5.52. The summed E-state index contributed by atoms with van der Waals surface area (Å²) < 4.78 is 3.65. The Bertz CT molecular complexity index is 68.0. The molecule has 34 valence electrons. The van der Waals surface area contributed by atoms with Crippen molar-refractivity contribution < 1.29 is 5.48 Å². The quantitative estimate of drug-likeness (QED) is 0.454. The maximum Gasteiger partial charge on any atom is 0.129 e. The highest BCUT2D eigenvalue weighted by molar-refractivity contribution is 7.03. The summed E-state index contributed by atoms with van der Waals surface area (Å²) in [7, 11) is 0. The summed E-state index contributed by atoms with van der Waals surface area (Å²) in [6.45, 7) is 0. The number of rotatable bonds is 0. The van der Waals surface area contributed by atoms with Gasteiger partial charge in [0, 0.05) is 0 Å². The minimum Gasteiger partial charge on any atom is -0.412 e. The predicted molar refractivity (Wildman–Crippen MR) is 23.5 cm³/mol. The first-order valence-corrected chi connectivity index (χ1v) is 2.03. The molecule has 1 aromatic heterocycles. The van der Waals surface area contributed by atoms with Crippen LogP contribution in [0.1, 0.15) is 0 Å². The maximum absolute atomic E-state index is 3.65. The highest BCUT2D eigenvalue weighted by Crippen LogP contribution is 1.77. The normalized spacial score (nSPS) is 6.67. The molecule has 1 rings (SSSR count). The van der Waals surface area contributed by atoms with E-state index >= 15 is 0 Å². The molecule has 0 unspecified atom stereocenters. The zero-order chi connectivity index (χ0) is 3.54. The molecule has 0 aliphatic carbocycles. The van der Waals surface area contributed by atoms with Crippen molar-refractivity contribution in [3.05, 3.63) is 11.8 Å². The van der Waals surface area contributed by atoms with Crippen molar-refractivity contribution in [2.24, 2.45) is 0 Å². The van der Waals surface area contributed by atoms with E-state index < -0.39 is 0 Å². The van der Waals surface area contributed by atoms with E-state index in [-0.39, 0.29) is 5.48 Å². The van der Waals surface area contributed by atoms with Gasteiger partial charge in [-0.15, -0.1) is 0 Å². The molecule has 0 aromatic carbocycles. The van der Waals surface area contributed by atoms with E-state index in [0.717, 1.165) is 0 Å². The Balaban J connectivity index is 0.000000250. The monoisotopic (exact) mass is 104 g/mol. The number of aromatic nitrogens is 2. The number of nitrogens with zero attached hydrogens (tertiary/aromatic N) is 2. The standard InChI is InChI=1S/C2H2N2S.H2O/c1-3-2-5-4-1;/h1-2H;1H2. The van der Waals surface area contributed by atoms with Gasteiger partial charge in [0.15, 0.2) is 0 Å². The minimum absolute atomic E-state index is 0. The molecular weight excluding hydrogens is 100 g/mol. The zero-order valence-electron chi connectivity index (χ0n) is 2.96. The predicted octanol–water partition coefficient (Wildman–Crippen LogP) is -0.287. The molecule has 0 saturated heterocycles. The molecule has 0 saturated carbocycles. The van der Waals surface area contributed by atoms with Crippen LogP contribution in [0.15, 0.2) is 11.8 Å². The van der Waals surface area contributed by atoms with Gasteiger partial charge >= 0.3 is 0 Å². The first-order valence-electron chi connectivity index (χ1n) is 1.19. The Labute approximate surface area is 39.1 Å². The second-order valence-corrected chi connectivity index (χ2v) is 1.21. The molecule has 0 atom stereocenters. The molecule has 2 N–H and O–H groups in total. The van der Waals surface area contributed by atoms with E-state index in [1.165, 1.54) is 17.9 Å². The van der Waals surface area contributed by atoms with E-state index in [0.29, 0.717) is 0 Å². The van der Waals surface area contributed by atoms with E-state index in [2.05, 4.69) is 9.36 Å². The van der Waals surface area contributed by atoms with Crippen molar-refractivity contribution in [3.63, 3.8) is 0 Å². The second-order valence-electron chi connectivity index (χ2n) is 0.581. The molecule has 0 fully saturated rings. The Morgan fingerprint density at radius 3 is 2.50 bits per heavy atom. The Morgan fingerprint density at radius 2 is 2.33 bits per heavy atom. The van der Waals surface area contributed by atoms with Crippen LogP contribution >= 0.6 is 11.5 Å². The van der Waals surface area contributed by atoms with E-state index in [1.807, 2.05) is 0 Å². The SMILES string of the molecule is O.c1ncsn1. The Kier molecular flexibility index (Phi) is 2.52. The van der Waals surface area contributed by atoms with E-state index in [4.69, 9.17) is 0 Å². The van der Waals surface area contributed by atoms with E-state index in [9.17, 15) is 0 Å². The van der Waals surface area contributed by atoms with Gasteiger partial charge in [0.05, 0.1) is 0 Å². The lowest BCUT2D eigenvalue weighted by molar-refractivity contribution is 0.824. The average molecular weight is 104 g/mol. The molecule has 6 heavy (non-hydrogen) atoms. The highest BCUT2D eigenvalue weighted by atomic mass is 32.1. The fourth-order valence-electron chi connectivity index (χ4n) is 0.136. The third kappa shape index (κ3) is 1.09. The Hall–Kier alpha value is -0.480. The molecule has 1 heterocycles. The fourth-order valence-corrected chi connectivity index (χ4v) is 0.408. The molecule has 0 spiro atoms. The van der Waals surface area contributed by atoms with Crippen molar-refractivity contribution in [2.45, 2.75) is 0 Å². The van der Waals surface area contributed by atoms with Crippen molar-refractivity contribution in [2.75, 3.05) is 0 Å². The maximum atomic E-state index is 3.65. The number of hydrogen-bond acceptors (Lipinski definition) is 3. The topological polar surface area (TPSA) is 57.3 Å². The molecular formula is C2H4N2OS. The summed E-state index contributed by atoms with van der Waals surface area (Å²) in [6.07, 6.45) is 1.52. The summed E-state index contributed by atoms with van der Waals surface area (Å²) in [4.78, 5) is 3.63. The van der Waals surface area contributed by atoms with Crippen LogP contribution in [0.4, 0.5) is 0 Å². The molecule has 0 bridgehead atoms. The third-order valence-electron chi connectivity index (χ3n) is 0.283. The summed E-state index contributed by atoms with van der Waals surface area (Å²) in [5, 5.41) is 0. The largest absolute Gasteiger partial charge is 0.412 e. The van der Waals surface area contributed by atoms with Crippen LogP contribution < -0.4 is 0 Å². The van der Waals surface area contributed by atoms with E-state index in [1.54, 1.807) is 5.51 Å². The van der Waals surface area contributed by atoms with Crippen LogP contribution in [-0.4, -0.2) is 14.8 Å². The van der Waals surface area contributed by atoms with Gasteiger partial charge in [-0.1, -0.05) is 0 Å². The van der Waals surface area contributed by atoms with Crippen LogP contribution in [-0.2, 0) is 0 Å². The van der Waals surface area contributed by atoms with Crippen LogP contribution in [0, 0.1) is 0 Å². The van der Waals surface area contributed by atoms with Gasteiger partial charge in [-0.2, -0.15) is 4.37 Å². The molecule has 0 amide bonds. The van der Waals surface area contributed by atoms with Crippen molar-refractivity contribution in [3.8, 4) is 0 Å². The lowest BCUT2D eigenvalue weighted by Crippen LogP contribution is -1.43. The van der Waals surface area contributed by atoms with Crippen molar-refractivity contribution in [1.29, 1.82) is 0 Å². The summed E-state index contributed by atoms with van der Waals surface area (Å²) in [5.74, 6) is 0. The smallest absolute Gasteiger partial charge is 0.129 e. The summed E-state index contributed by atoms with van der Waals surface area (Å²) in [5.41, 5.74) is 1.68. The van der Waals surface area contributed by atoms with Crippen LogP contribution in [0.25, 0.3) is 0 Å². The van der Waals surface area contributed by atoms with Gasteiger partial charge in [0.25, 0.3) is 0 Å². The highest BCUT2D eigenvalue weighted by Gasteiger charge is 1.60. The lowest BCUT2D eigenvalue weighted by Gasteiger charge is -1.38. The minimum atomic E-state index is 0. The van der Waals surface area contributed by atoms with Gasteiger partial charge in [-0.3, -0.25) is 0 Å². The summed E-state index contributed by atoms with van der Waals surface area (Å²) in [6, 6.07) is 0. The van der Waals surface area contributed by atoms with Gasteiger partial charge < -0.3 is 5.48 Å². The van der Waals surface area contributed by atoms with Crippen LogP contribution in [0.5, 0.6) is 0 Å². The van der Waals surface area contributed by atoms with Crippen molar-refractivity contribution in [1.82, 2.24) is 9.36 Å². The lowest BCUT2D eigenvalue weighted by atomic mass is 11.4.